The first-order valence-electron chi connectivity index (χ1n) is 16.3. The molecule has 1 aromatic carbocycles. The second-order valence-electron chi connectivity index (χ2n) is 12.8. The Balaban J connectivity index is 1.15. The molecule has 2 aliphatic carbocycles. The summed E-state index contributed by atoms with van der Waals surface area (Å²) in [7, 11) is 1.81. The van der Waals surface area contributed by atoms with Crippen molar-refractivity contribution in [2.24, 2.45) is 16.8 Å². The predicted octanol–water partition coefficient (Wildman–Crippen LogP) is 3.39. The van der Waals surface area contributed by atoms with E-state index < -0.39 is 0 Å². The zero-order valence-electron chi connectivity index (χ0n) is 25.9. The van der Waals surface area contributed by atoms with E-state index in [4.69, 9.17) is 21.3 Å². The molecular formula is C32H49ClN6O5. The van der Waals surface area contributed by atoms with E-state index in [9.17, 15) is 19.8 Å². The van der Waals surface area contributed by atoms with Gasteiger partial charge in [0, 0.05) is 48.8 Å². The Labute approximate surface area is 265 Å². The third-order valence-electron chi connectivity index (χ3n) is 9.92. The number of alkyl halides is 1. The van der Waals surface area contributed by atoms with Crippen LogP contribution in [-0.4, -0.2) is 88.7 Å². The molecule has 5 rings (SSSR count). The minimum absolute atomic E-state index is 0.00366. The standard InChI is InChI=1S/C32H49ClN6O5/c1-19-37-38-31-25(18-29(42)34-14-4-3-5-15-35-32(43)21-8-13-27(40)28(41)16-21)36-30(20-6-9-22(33)10-7-20)24-17-23(44-2)11-12-26(24)39(19)31/h8,13,16,19-20,22-26,31,37-38,40-41H,3-7,9-12,14-15,17-18H2,1-2H3,(H,34,42)(H,35,43)/t19?,20?,22?,23?,24?,25-,26?,31?/m0/s1. The van der Waals surface area contributed by atoms with Crippen molar-refractivity contribution in [1.82, 2.24) is 26.4 Å². The van der Waals surface area contributed by atoms with Gasteiger partial charge in [-0.05, 0) is 95.2 Å². The van der Waals surface area contributed by atoms with Crippen LogP contribution in [0.2, 0.25) is 0 Å². The van der Waals surface area contributed by atoms with Crippen LogP contribution < -0.4 is 21.5 Å². The number of hydrazine groups is 1. The average Bonchev–Trinajstić information content (AvgIpc) is 3.34. The summed E-state index contributed by atoms with van der Waals surface area (Å²) in [5, 5.41) is 25.2. The molecule has 12 heteroatoms. The van der Waals surface area contributed by atoms with Crippen LogP contribution in [0.4, 0.5) is 0 Å². The number of unbranched alkanes of at least 4 members (excludes halogenated alkanes) is 2. The van der Waals surface area contributed by atoms with Crippen LogP contribution >= 0.6 is 11.6 Å². The maximum Gasteiger partial charge on any atom is 0.251 e. The van der Waals surface area contributed by atoms with Crippen LogP contribution in [0.3, 0.4) is 0 Å². The van der Waals surface area contributed by atoms with E-state index in [2.05, 4.69) is 33.3 Å². The van der Waals surface area contributed by atoms with E-state index in [1.807, 2.05) is 7.11 Å². The minimum atomic E-state index is -0.321. The minimum Gasteiger partial charge on any atom is -0.504 e. The van der Waals surface area contributed by atoms with Crippen molar-refractivity contribution >= 4 is 29.1 Å². The van der Waals surface area contributed by atoms with Gasteiger partial charge in [0.25, 0.3) is 5.91 Å². The van der Waals surface area contributed by atoms with E-state index in [1.165, 1.54) is 23.9 Å². The number of carbonyl (C=O) groups excluding carboxylic acids is 2. The maximum atomic E-state index is 13.2. The molecule has 2 saturated carbocycles. The molecule has 44 heavy (non-hydrogen) atoms. The number of rotatable bonds is 11. The molecule has 4 aliphatic rings. The molecule has 11 nitrogen and oxygen atoms in total. The number of aromatic hydroxyl groups is 2. The van der Waals surface area contributed by atoms with Gasteiger partial charge in [0.2, 0.25) is 5.91 Å². The number of hydrogen-bond donors (Lipinski definition) is 6. The molecule has 2 amide bonds. The number of ether oxygens (including phenoxy) is 1. The molecule has 0 spiro atoms. The molecule has 2 aliphatic heterocycles. The SMILES string of the molecule is COC1CCC2C(C1)C(C1CCC(Cl)CC1)=N[C@@H](CC(=O)NCCCCCNC(=O)c1ccc(O)c(O)c1)C1NNC(C)N21. The molecule has 6 atom stereocenters. The van der Waals surface area contributed by atoms with Gasteiger partial charge in [0.15, 0.2) is 11.5 Å². The zero-order chi connectivity index (χ0) is 31.2. The van der Waals surface area contributed by atoms with Crippen molar-refractivity contribution in [2.45, 2.75) is 113 Å². The number of phenolic OH excluding ortho intramolecular Hbond substituents is 2. The number of carbonyl (C=O) groups is 2. The van der Waals surface area contributed by atoms with E-state index in [1.54, 1.807) is 0 Å². The normalized spacial score (nSPS) is 32.2. The molecule has 2 heterocycles. The number of phenols is 2. The van der Waals surface area contributed by atoms with Gasteiger partial charge in [0.05, 0.1) is 30.9 Å². The third kappa shape index (κ3) is 7.85. The second kappa shape index (κ2) is 15.2. The molecule has 1 saturated heterocycles. The number of nitrogens with one attached hydrogen (secondary N) is 4. The highest BCUT2D eigenvalue weighted by Crippen LogP contribution is 2.42. The molecule has 3 fully saturated rings. The number of methoxy groups -OCH3 is 1. The summed E-state index contributed by atoms with van der Waals surface area (Å²) >= 11 is 6.49. The van der Waals surface area contributed by atoms with E-state index in [0.717, 1.165) is 64.2 Å². The number of benzene rings is 1. The van der Waals surface area contributed by atoms with Gasteiger partial charge < -0.3 is 25.6 Å². The summed E-state index contributed by atoms with van der Waals surface area (Å²) in [6.07, 6.45) is 10.2. The van der Waals surface area contributed by atoms with E-state index >= 15 is 0 Å². The molecule has 0 bridgehead atoms. The lowest BCUT2D eigenvalue weighted by Gasteiger charge is -2.44. The van der Waals surface area contributed by atoms with Gasteiger partial charge in [0.1, 0.15) is 0 Å². The lowest BCUT2D eigenvalue weighted by molar-refractivity contribution is -0.121. The van der Waals surface area contributed by atoms with Gasteiger partial charge in [-0.3, -0.25) is 19.5 Å². The highest BCUT2D eigenvalue weighted by Gasteiger charge is 2.50. The Kier molecular flexibility index (Phi) is 11.4. The summed E-state index contributed by atoms with van der Waals surface area (Å²) in [6, 6.07) is 4.16. The fourth-order valence-electron chi connectivity index (χ4n) is 7.55. The van der Waals surface area contributed by atoms with Crippen LogP contribution in [0.1, 0.15) is 87.9 Å². The maximum absolute atomic E-state index is 13.2. The monoisotopic (exact) mass is 632 g/mol. The summed E-state index contributed by atoms with van der Waals surface area (Å²) in [5.74, 6) is -0.163. The Morgan fingerprint density at radius 3 is 2.50 bits per heavy atom. The molecule has 0 aromatic heterocycles. The fraction of sp³-hybridized carbons (Fsp3) is 0.719. The predicted molar refractivity (Wildman–Crippen MR) is 170 cm³/mol. The topological polar surface area (TPSA) is 148 Å². The molecule has 244 valence electrons. The fourth-order valence-corrected chi connectivity index (χ4v) is 7.80. The van der Waals surface area contributed by atoms with Crippen LogP contribution in [-0.2, 0) is 9.53 Å². The first-order valence-corrected chi connectivity index (χ1v) is 16.8. The number of nitrogens with zero attached hydrogens (tertiary/aromatic N) is 2. The number of hydrogen-bond acceptors (Lipinski definition) is 9. The lowest BCUT2D eigenvalue weighted by Crippen LogP contribution is -2.55. The smallest absolute Gasteiger partial charge is 0.251 e. The van der Waals surface area contributed by atoms with Gasteiger partial charge >= 0.3 is 0 Å². The Hall–Kier alpha value is -2.44. The van der Waals surface area contributed by atoms with Crippen molar-refractivity contribution in [2.75, 3.05) is 20.2 Å². The summed E-state index contributed by atoms with van der Waals surface area (Å²) < 4.78 is 5.85. The Morgan fingerprint density at radius 2 is 1.77 bits per heavy atom. The largest absolute Gasteiger partial charge is 0.504 e. The third-order valence-corrected chi connectivity index (χ3v) is 10.4. The second-order valence-corrected chi connectivity index (χ2v) is 13.5. The summed E-state index contributed by atoms with van der Waals surface area (Å²) in [5.41, 5.74) is 8.48. The molecule has 6 N–H and O–H groups in total. The van der Waals surface area contributed by atoms with Gasteiger partial charge in [-0.1, -0.05) is 0 Å². The highest BCUT2D eigenvalue weighted by molar-refractivity contribution is 6.20. The number of amides is 2. The van der Waals surface area contributed by atoms with Crippen molar-refractivity contribution in [1.29, 1.82) is 0 Å². The lowest BCUT2D eigenvalue weighted by atomic mass is 9.72. The molecular weight excluding hydrogens is 584 g/mol. The van der Waals surface area contributed by atoms with Gasteiger partial charge in [-0.25, -0.2) is 10.9 Å². The van der Waals surface area contributed by atoms with Crippen LogP contribution in [0.25, 0.3) is 0 Å². The van der Waals surface area contributed by atoms with Crippen molar-refractivity contribution in [3.05, 3.63) is 23.8 Å². The molecule has 0 radical (unpaired) electrons. The summed E-state index contributed by atoms with van der Waals surface area (Å²) in [6.45, 7) is 3.24. The Morgan fingerprint density at radius 1 is 1.02 bits per heavy atom. The highest BCUT2D eigenvalue weighted by atomic mass is 35.5. The van der Waals surface area contributed by atoms with Crippen LogP contribution in [0, 0.1) is 11.8 Å². The Bertz CT molecular complexity index is 1180. The number of aliphatic imine (C=N–C) groups is 1. The quantitative estimate of drug-likeness (QED) is 0.124. The summed E-state index contributed by atoms with van der Waals surface area (Å²) in [4.78, 5) is 33.5. The van der Waals surface area contributed by atoms with Crippen molar-refractivity contribution in [3.63, 3.8) is 0 Å². The molecule has 5 unspecified atom stereocenters. The zero-order valence-corrected chi connectivity index (χ0v) is 26.7. The molecule has 1 aromatic rings. The van der Waals surface area contributed by atoms with Crippen molar-refractivity contribution in [3.8, 4) is 11.5 Å². The van der Waals surface area contributed by atoms with Crippen LogP contribution in [0.5, 0.6) is 11.5 Å². The van der Waals surface area contributed by atoms with E-state index in [0.29, 0.717) is 43.0 Å². The van der Waals surface area contributed by atoms with Crippen LogP contribution in [0.15, 0.2) is 23.2 Å². The number of halogens is 1. The van der Waals surface area contributed by atoms with E-state index in [-0.39, 0.29) is 53.2 Å². The van der Waals surface area contributed by atoms with Gasteiger partial charge in [-0.15, -0.1) is 11.6 Å². The average molecular weight is 633 g/mol. The first kappa shape index (κ1) is 32.9. The number of fused-ring (bicyclic) bond motifs is 3. The van der Waals surface area contributed by atoms with Crippen molar-refractivity contribution < 1.29 is 24.5 Å². The first-order chi connectivity index (χ1) is 21.2. The van der Waals surface area contributed by atoms with Gasteiger partial charge in [-0.2, -0.15) is 0 Å².